The highest BCUT2D eigenvalue weighted by molar-refractivity contribution is 5.53. The molecule has 0 unspecified atom stereocenters. The molecule has 0 bridgehead atoms. The van der Waals surface area contributed by atoms with E-state index in [0.29, 0.717) is 0 Å². The van der Waals surface area contributed by atoms with Gasteiger partial charge in [-0.2, -0.15) is 0 Å². The minimum Gasteiger partial charge on any atom is -0.498 e. The molecular weight excluding hydrogens is 372 g/mol. The molecule has 0 saturated heterocycles. The molecule has 2 aromatic carbocycles. The maximum atomic E-state index is 10.7. The Morgan fingerprint density at radius 1 is 0.600 bits per heavy atom. The number of benzene rings is 2. The van der Waals surface area contributed by atoms with Crippen LogP contribution in [0.1, 0.15) is 81.3 Å². The van der Waals surface area contributed by atoms with E-state index in [9.17, 15) is 10.4 Å². The molecule has 0 radical (unpaired) electrons. The van der Waals surface area contributed by atoms with Crippen LogP contribution in [0.2, 0.25) is 0 Å². The van der Waals surface area contributed by atoms with E-state index in [-0.39, 0.29) is 0 Å². The standard InChI is InChI=1S/C26H32N2O2/c1-17-13-19(3)25(15-27-29)21(5)23(17)11-9-7-8-10-12-24-18(2)14-20(4)26(16-28-30)22(24)6/h13-14H,7-12H2,1-6H3. The molecule has 4 heteroatoms. The summed E-state index contributed by atoms with van der Waals surface area (Å²) < 4.78 is 0. The normalized spacial score (nSPS) is 10.2. The van der Waals surface area contributed by atoms with Crippen LogP contribution in [0.15, 0.2) is 12.1 Å². The van der Waals surface area contributed by atoms with Gasteiger partial charge < -0.3 is 10.4 Å². The molecule has 4 nitrogen and oxygen atoms in total. The van der Waals surface area contributed by atoms with Crippen LogP contribution in [-0.4, -0.2) is 0 Å². The Bertz CT molecular complexity index is 962. The average Bonchev–Trinajstić information content (AvgIpc) is 2.69. The fraction of sp³-hybridized carbons (Fsp3) is 0.462. The van der Waals surface area contributed by atoms with Gasteiger partial charge in [-0.15, -0.1) is 0 Å². The van der Waals surface area contributed by atoms with Gasteiger partial charge in [-0.1, -0.05) is 25.0 Å². The van der Waals surface area contributed by atoms with E-state index >= 15 is 0 Å². The molecule has 0 aliphatic heterocycles. The quantitative estimate of drug-likeness (QED) is 0.361. The molecule has 0 N–H and O–H groups in total. The zero-order valence-corrected chi connectivity index (χ0v) is 19.1. The van der Waals surface area contributed by atoms with E-state index in [0.717, 1.165) is 71.9 Å². The lowest BCUT2D eigenvalue weighted by Gasteiger charge is -2.14. The van der Waals surface area contributed by atoms with E-state index in [4.69, 9.17) is 0 Å². The Hall–Kier alpha value is -2.98. The van der Waals surface area contributed by atoms with E-state index < -0.39 is 0 Å². The third-order valence-electron chi connectivity index (χ3n) is 6.18. The van der Waals surface area contributed by atoms with Crippen LogP contribution in [0.4, 0.5) is 0 Å². The first-order valence-electron chi connectivity index (χ1n) is 10.7. The zero-order chi connectivity index (χ0) is 22.3. The van der Waals surface area contributed by atoms with Crippen molar-refractivity contribution in [2.45, 2.75) is 80.1 Å². The van der Waals surface area contributed by atoms with Gasteiger partial charge in [0.15, 0.2) is 0 Å². The van der Waals surface area contributed by atoms with Crippen molar-refractivity contribution >= 4 is 0 Å². The summed E-state index contributed by atoms with van der Waals surface area (Å²) in [5, 5.41) is 27.0. The monoisotopic (exact) mass is 404 g/mol. The summed E-state index contributed by atoms with van der Waals surface area (Å²) in [5.41, 5.74) is 11.2. The Kier molecular flexibility index (Phi) is 8.31. The van der Waals surface area contributed by atoms with Crippen molar-refractivity contribution in [2.75, 3.05) is 0 Å². The number of aryl methyl sites for hydroxylation is 4. The maximum absolute atomic E-state index is 10.7. The van der Waals surface area contributed by atoms with Gasteiger partial charge in [0.25, 0.3) is 0 Å². The lowest BCUT2D eigenvalue weighted by atomic mass is 9.90. The smallest absolute Gasteiger partial charge is 0.337 e. The van der Waals surface area contributed by atoms with Gasteiger partial charge in [0.2, 0.25) is 0 Å². The minimum atomic E-state index is 0.838. The van der Waals surface area contributed by atoms with Crippen LogP contribution in [0.5, 0.6) is 0 Å². The van der Waals surface area contributed by atoms with E-state index in [1.54, 1.807) is 0 Å². The largest absolute Gasteiger partial charge is 0.498 e. The Balaban J connectivity index is 1.95. The van der Waals surface area contributed by atoms with Crippen molar-refractivity contribution in [2.24, 2.45) is 0 Å². The zero-order valence-electron chi connectivity index (χ0n) is 19.1. The molecule has 0 aliphatic carbocycles. The lowest BCUT2D eigenvalue weighted by molar-refractivity contribution is 0.637. The van der Waals surface area contributed by atoms with Gasteiger partial charge in [0.05, 0.1) is 0 Å². The summed E-state index contributed by atoms with van der Waals surface area (Å²) in [5.74, 6) is 0. The number of unbranched alkanes of at least 4 members (excludes halogenated alkanes) is 3. The number of hydrogen-bond donors (Lipinski definition) is 0. The Morgan fingerprint density at radius 3 is 1.30 bits per heavy atom. The number of hydrogen-bond acceptors (Lipinski definition) is 2. The van der Waals surface area contributed by atoms with Crippen LogP contribution in [-0.2, 0) is 12.8 Å². The van der Waals surface area contributed by atoms with Gasteiger partial charge in [-0.3, -0.25) is 0 Å². The summed E-state index contributed by atoms with van der Waals surface area (Å²) in [6, 6.07) is 9.46. The highest BCUT2D eigenvalue weighted by Gasteiger charge is 2.14. The average molecular weight is 405 g/mol. The third kappa shape index (κ3) is 5.33. The molecule has 0 heterocycles. The summed E-state index contributed by atoms with van der Waals surface area (Å²) in [4.78, 5) is 0. The number of rotatable bonds is 7. The van der Waals surface area contributed by atoms with Crippen LogP contribution in [0.25, 0.3) is 10.0 Å². The molecule has 0 aliphatic rings. The fourth-order valence-corrected chi connectivity index (χ4v) is 4.61. The summed E-state index contributed by atoms with van der Waals surface area (Å²) in [6.45, 7) is 12.4. The lowest BCUT2D eigenvalue weighted by Crippen LogP contribution is -2.01. The molecule has 0 saturated carbocycles. The van der Waals surface area contributed by atoms with Gasteiger partial charge >= 0.3 is 12.1 Å². The molecule has 0 fully saturated rings. The van der Waals surface area contributed by atoms with Crippen molar-refractivity contribution in [3.05, 3.63) is 88.2 Å². The molecule has 0 aromatic heterocycles. The van der Waals surface area contributed by atoms with Crippen molar-refractivity contribution < 1.29 is 0 Å². The topological polar surface area (TPSA) is 54.8 Å². The predicted octanol–water partition coefficient (Wildman–Crippen LogP) is 7.24. The molecule has 30 heavy (non-hydrogen) atoms. The first-order valence-corrected chi connectivity index (χ1v) is 10.7. The van der Waals surface area contributed by atoms with Crippen LogP contribution < -0.4 is 0 Å². The Labute approximate surface area is 180 Å². The van der Waals surface area contributed by atoms with E-state index in [1.165, 1.54) is 22.3 Å². The molecule has 2 aromatic rings. The van der Waals surface area contributed by atoms with Gasteiger partial charge in [0.1, 0.15) is 11.1 Å². The van der Waals surface area contributed by atoms with E-state index in [2.05, 4.69) is 62.0 Å². The second-order valence-corrected chi connectivity index (χ2v) is 8.30. The summed E-state index contributed by atoms with van der Waals surface area (Å²) in [6.07, 6.45) is 6.57. The summed E-state index contributed by atoms with van der Waals surface area (Å²) in [7, 11) is 0. The Morgan fingerprint density at radius 2 is 0.967 bits per heavy atom. The first-order chi connectivity index (χ1) is 14.3. The van der Waals surface area contributed by atoms with Crippen molar-refractivity contribution in [1.82, 2.24) is 0 Å². The highest BCUT2D eigenvalue weighted by Crippen LogP contribution is 2.26. The molecule has 2 rings (SSSR count). The molecule has 0 amide bonds. The molecular formula is C26H32N2O2. The van der Waals surface area contributed by atoms with Crippen molar-refractivity contribution in [3.8, 4) is 12.1 Å². The molecule has 0 spiro atoms. The van der Waals surface area contributed by atoms with Gasteiger partial charge in [0, 0.05) is 10.0 Å². The second kappa shape index (κ2) is 10.7. The second-order valence-electron chi connectivity index (χ2n) is 8.30. The first kappa shape index (κ1) is 23.3. The fourth-order valence-electron chi connectivity index (χ4n) is 4.61. The predicted molar refractivity (Wildman–Crippen MR) is 127 cm³/mol. The summed E-state index contributed by atoms with van der Waals surface area (Å²) >= 11 is 0. The highest BCUT2D eigenvalue weighted by atomic mass is 16.4. The van der Waals surface area contributed by atoms with Crippen molar-refractivity contribution in [3.63, 3.8) is 0 Å². The van der Waals surface area contributed by atoms with E-state index in [1.807, 2.05) is 13.8 Å². The van der Waals surface area contributed by atoms with Crippen LogP contribution >= 0.6 is 0 Å². The van der Waals surface area contributed by atoms with Crippen LogP contribution in [0, 0.1) is 64.1 Å². The molecule has 0 atom stereocenters. The molecule has 158 valence electrons. The van der Waals surface area contributed by atoms with Gasteiger partial charge in [-0.05, 0) is 112 Å². The third-order valence-corrected chi connectivity index (χ3v) is 6.18. The van der Waals surface area contributed by atoms with Crippen molar-refractivity contribution in [1.29, 1.82) is 0 Å². The number of nitrogens with zero attached hydrogens (tertiary/aromatic N) is 2. The minimum absolute atomic E-state index is 0.838. The SMILES string of the molecule is Cc1cc(C)c(CCCCCCc2c(C)cc(C)c(C#[N+][O-])c2C)c(C)c1C#[N+][O-]. The maximum Gasteiger partial charge on any atom is 0.337 e. The van der Waals surface area contributed by atoms with Crippen LogP contribution in [0.3, 0.4) is 0 Å². The van der Waals surface area contributed by atoms with Gasteiger partial charge in [-0.25, -0.2) is 0 Å².